The Labute approximate surface area is 128 Å². The van der Waals surface area contributed by atoms with Crippen LogP contribution in [0, 0.1) is 0 Å². The maximum Gasteiger partial charge on any atom is 0.125 e. The Morgan fingerprint density at radius 2 is 1.67 bits per heavy atom. The number of allylic oxidation sites excluding steroid dienone is 2. The van der Waals surface area contributed by atoms with E-state index in [0.717, 1.165) is 16.9 Å². The smallest absolute Gasteiger partial charge is 0.125 e. The molecule has 2 aromatic rings. The number of rotatable bonds is 7. The summed E-state index contributed by atoms with van der Waals surface area (Å²) >= 11 is 0. The Kier molecular flexibility index (Phi) is 6.13. The van der Waals surface area contributed by atoms with Gasteiger partial charge in [-0.2, -0.15) is 0 Å². The molecule has 0 aromatic heterocycles. The second-order valence-corrected chi connectivity index (χ2v) is 5.81. The Morgan fingerprint density at radius 1 is 1.05 bits per heavy atom. The van der Waals surface area contributed by atoms with Crippen molar-refractivity contribution >= 4 is 11.0 Å². The largest absolute Gasteiger partial charge is 0.237 e. The van der Waals surface area contributed by atoms with E-state index in [-0.39, 0.29) is 6.04 Å². The zero-order valence-corrected chi connectivity index (χ0v) is 12.6. The van der Waals surface area contributed by atoms with E-state index in [2.05, 4.69) is 11.3 Å². The Bertz CT molecular complexity index is 608. The molecule has 0 amide bonds. The van der Waals surface area contributed by atoms with Gasteiger partial charge in [0.05, 0.1) is 4.90 Å². The normalized spacial score (nSPS) is 13.9. The van der Waals surface area contributed by atoms with Gasteiger partial charge in [-0.15, -0.1) is 0 Å². The van der Waals surface area contributed by atoms with Crippen molar-refractivity contribution in [2.45, 2.75) is 17.4 Å². The molecule has 0 aliphatic rings. The van der Waals surface area contributed by atoms with E-state index in [1.54, 1.807) is 6.08 Å². The predicted molar refractivity (Wildman–Crippen MR) is 89.1 cm³/mol. The van der Waals surface area contributed by atoms with Crippen molar-refractivity contribution in [1.29, 1.82) is 0 Å². The molecule has 3 heteroatoms. The van der Waals surface area contributed by atoms with Gasteiger partial charge in [0.15, 0.2) is 0 Å². The SMILES string of the molecule is C=C/C=C/CC(NS(=O)c1ccccc1)c1ccccc1. The van der Waals surface area contributed by atoms with E-state index in [9.17, 15) is 4.21 Å². The van der Waals surface area contributed by atoms with Crippen molar-refractivity contribution in [1.82, 2.24) is 4.72 Å². The van der Waals surface area contributed by atoms with Gasteiger partial charge in [0.1, 0.15) is 11.0 Å². The Morgan fingerprint density at radius 3 is 2.29 bits per heavy atom. The first-order chi connectivity index (χ1) is 10.3. The number of hydrogen-bond donors (Lipinski definition) is 1. The highest BCUT2D eigenvalue weighted by molar-refractivity contribution is 7.83. The molecule has 0 aliphatic heterocycles. The summed E-state index contributed by atoms with van der Waals surface area (Å²) in [5.41, 5.74) is 1.12. The van der Waals surface area contributed by atoms with Crippen LogP contribution in [0.1, 0.15) is 18.0 Å². The fourth-order valence-electron chi connectivity index (χ4n) is 1.99. The van der Waals surface area contributed by atoms with Crippen molar-refractivity contribution in [3.05, 3.63) is 91.0 Å². The lowest BCUT2D eigenvalue weighted by Gasteiger charge is -2.17. The van der Waals surface area contributed by atoms with Crippen LogP contribution in [0.5, 0.6) is 0 Å². The summed E-state index contributed by atoms with van der Waals surface area (Å²) in [7, 11) is -1.23. The van der Waals surface area contributed by atoms with Crippen molar-refractivity contribution in [3.63, 3.8) is 0 Å². The lowest BCUT2D eigenvalue weighted by Crippen LogP contribution is -2.23. The van der Waals surface area contributed by atoms with Crippen LogP contribution in [0.25, 0.3) is 0 Å². The standard InChI is InChI=1S/C18H19NOS/c1-2-3-6-15-18(16-11-7-4-8-12-16)19-21(20)17-13-9-5-10-14-17/h2-14,18-19H,1,15H2/b6-3+. The van der Waals surface area contributed by atoms with Gasteiger partial charge in [-0.1, -0.05) is 73.3 Å². The van der Waals surface area contributed by atoms with Crippen LogP contribution in [0.2, 0.25) is 0 Å². The quantitative estimate of drug-likeness (QED) is 0.763. The monoisotopic (exact) mass is 297 g/mol. The minimum atomic E-state index is -1.23. The van der Waals surface area contributed by atoms with E-state index in [0.29, 0.717) is 0 Å². The van der Waals surface area contributed by atoms with Crippen LogP contribution in [0.4, 0.5) is 0 Å². The molecule has 0 heterocycles. The van der Waals surface area contributed by atoms with Gasteiger partial charge in [-0.25, -0.2) is 8.93 Å². The third-order valence-electron chi connectivity index (χ3n) is 3.05. The van der Waals surface area contributed by atoms with Crippen molar-refractivity contribution in [2.24, 2.45) is 0 Å². The number of benzene rings is 2. The second-order valence-electron chi connectivity index (χ2n) is 4.56. The lowest BCUT2D eigenvalue weighted by atomic mass is 10.0. The fraction of sp³-hybridized carbons (Fsp3) is 0.111. The van der Waals surface area contributed by atoms with Crippen LogP contribution >= 0.6 is 0 Å². The van der Waals surface area contributed by atoms with Crippen molar-refractivity contribution < 1.29 is 4.21 Å². The summed E-state index contributed by atoms with van der Waals surface area (Å²) in [5.74, 6) is 0. The van der Waals surface area contributed by atoms with Gasteiger partial charge in [-0.05, 0) is 24.1 Å². The van der Waals surface area contributed by atoms with E-state index < -0.39 is 11.0 Å². The summed E-state index contributed by atoms with van der Waals surface area (Å²) in [4.78, 5) is 0.783. The maximum atomic E-state index is 12.4. The van der Waals surface area contributed by atoms with Gasteiger partial charge in [0, 0.05) is 6.04 Å². The van der Waals surface area contributed by atoms with E-state index in [4.69, 9.17) is 0 Å². The Hall–Kier alpha value is -1.97. The van der Waals surface area contributed by atoms with Crippen LogP contribution in [-0.2, 0) is 11.0 Å². The summed E-state index contributed by atoms with van der Waals surface area (Å²) in [6.45, 7) is 3.67. The molecule has 2 unspecified atom stereocenters. The average Bonchev–Trinajstić information content (AvgIpc) is 2.55. The average molecular weight is 297 g/mol. The molecule has 2 aromatic carbocycles. The highest BCUT2D eigenvalue weighted by Gasteiger charge is 2.13. The van der Waals surface area contributed by atoms with Gasteiger partial charge in [0.25, 0.3) is 0 Å². The summed E-state index contributed by atoms with van der Waals surface area (Å²) < 4.78 is 15.6. The first-order valence-corrected chi connectivity index (χ1v) is 8.01. The minimum Gasteiger partial charge on any atom is -0.237 e. The van der Waals surface area contributed by atoms with Crippen molar-refractivity contribution in [2.75, 3.05) is 0 Å². The number of hydrogen-bond acceptors (Lipinski definition) is 1. The molecule has 2 atom stereocenters. The van der Waals surface area contributed by atoms with Gasteiger partial charge >= 0.3 is 0 Å². The third kappa shape index (κ3) is 4.81. The molecule has 0 saturated heterocycles. The molecule has 108 valence electrons. The highest BCUT2D eigenvalue weighted by atomic mass is 32.2. The molecule has 2 rings (SSSR count). The fourth-order valence-corrected chi connectivity index (χ4v) is 3.02. The van der Waals surface area contributed by atoms with Crippen LogP contribution in [0.15, 0.2) is 90.4 Å². The van der Waals surface area contributed by atoms with Crippen LogP contribution in [0.3, 0.4) is 0 Å². The molecular formula is C18H19NOS. The molecule has 0 radical (unpaired) electrons. The molecular weight excluding hydrogens is 278 g/mol. The van der Waals surface area contributed by atoms with Crippen LogP contribution in [-0.4, -0.2) is 4.21 Å². The number of nitrogens with one attached hydrogen (secondary N) is 1. The molecule has 2 nitrogen and oxygen atoms in total. The van der Waals surface area contributed by atoms with Gasteiger partial charge in [-0.3, -0.25) is 0 Å². The maximum absolute atomic E-state index is 12.4. The molecule has 0 bridgehead atoms. The molecule has 0 saturated carbocycles. The zero-order valence-electron chi connectivity index (χ0n) is 11.8. The highest BCUT2D eigenvalue weighted by Crippen LogP contribution is 2.19. The molecule has 0 fully saturated rings. The summed E-state index contributed by atoms with van der Waals surface area (Å²) in [6.07, 6.45) is 6.44. The third-order valence-corrected chi connectivity index (χ3v) is 4.25. The first-order valence-electron chi connectivity index (χ1n) is 6.87. The van der Waals surface area contributed by atoms with E-state index >= 15 is 0 Å². The first kappa shape index (κ1) is 15.4. The summed E-state index contributed by atoms with van der Waals surface area (Å²) in [5, 5.41) is 0. The lowest BCUT2D eigenvalue weighted by molar-refractivity contribution is 0.631. The summed E-state index contributed by atoms with van der Waals surface area (Å²) in [6, 6.07) is 19.5. The van der Waals surface area contributed by atoms with E-state index in [1.807, 2.05) is 72.8 Å². The molecule has 21 heavy (non-hydrogen) atoms. The zero-order chi connectivity index (χ0) is 14.9. The van der Waals surface area contributed by atoms with Crippen molar-refractivity contribution in [3.8, 4) is 0 Å². The Balaban J connectivity index is 2.14. The van der Waals surface area contributed by atoms with Gasteiger partial charge in [0.2, 0.25) is 0 Å². The second kappa shape index (κ2) is 8.35. The van der Waals surface area contributed by atoms with Crippen LogP contribution < -0.4 is 4.72 Å². The minimum absolute atomic E-state index is 0.00318. The molecule has 0 aliphatic carbocycles. The van der Waals surface area contributed by atoms with E-state index in [1.165, 1.54) is 0 Å². The topological polar surface area (TPSA) is 29.1 Å². The molecule has 0 spiro atoms. The predicted octanol–water partition coefficient (Wildman–Crippen LogP) is 4.17. The van der Waals surface area contributed by atoms with Gasteiger partial charge < -0.3 is 0 Å². The molecule has 1 N–H and O–H groups in total.